The van der Waals surface area contributed by atoms with E-state index in [0.717, 1.165) is 11.1 Å². The number of aryl methyl sites for hydroxylation is 2. The summed E-state index contributed by atoms with van der Waals surface area (Å²) in [4.78, 5) is 26.0. The predicted octanol–water partition coefficient (Wildman–Crippen LogP) is 5.36. The Bertz CT molecular complexity index is 1190. The Labute approximate surface area is 159 Å². The van der Waals surface area contributed by atoms with Gasteiger partial charge in [-0.2, -0.15) is 0 Å². The van der Waals surface area contributed by atoms with Gasteiger partial charge < -0.3 is 9.15 Å². The molecule has 27 heavy (non-hydrogen) atoms. The molecule has 0 saturated heterocycles. The lowest BCUT2D eigenvalue weighted by Crippen LogP contribution is -2.15. The largest absolute Gasteiger partial charge is 0.452 e. The fraction of sp³-hybridized carbons (Fsp3) is 0.0909. The van der Waals surface area contributed by atoms with Gasteiger partial charge in [-0.25, -0.2) is 4.79 Å². The monoisotopic (exact) mass is 376 g/mol. The number of hydrogen-bond acceptors (Lipinski definition) is 5. The van der Waals surface area contributed by atoms with Crippen LogP contribution in [0.15, 0.2) is 69.2 Å². The average Bonchev–Trinajstić information content (AvgIpc) is 3.19. The van der Waals surface area contributed by atoms with E-state index in [2.05, 4.69) is 0 Å². The number of benzene rings is 2. The average molecular weight is 376 g/mol. The third-order valence-corrected chi connectivity index (χ3v) is 5.09. The number of fused-ring (bicyclic) bond motifs is 1. The minimum Gasteiger partial charge on any atom is -0.452 e. The van der Waals surface area contributed by atoms with Gasteiger partial charge in [0.15, 0.2) is 5.76 Å². The zero-order chi connectivity index (χ0) is 19.0. The summed E-state index contributed by atoms with van der Waals surface area (Å²) in [5.74, 6) is -0.409. The molecular weight excluding hydrogens is 360 g/mol. The highest BCUT2D eigenvalue weighted by Gasteiger charge is 2.21. The second kappa shape index (κ2) is 6.85. The zero-order valence-electron chi connectivity index (χ0n) is 14.8. The third kappa shape index (κ3) is 3.29. The third-order valence-electron chi connectivity index (χ3n) is 4.24. The van der Waals surface area contributed by atoms with Crippen molar-refractivity contribution in [3.05, 3.63) is 86.2 Å². The lowest BCUT2D eigenvalue weighted by Gasteiger charge is -2.10. The summed E-state index contributed by atoms with van der Waals surface area (Å²) in [5.41, 5.74) is 2.83. The molecule has 0 spiro atoms. The minimum atomic E-state index is -0.572. The number of carbonyl (C=O) groups excluding carboxylic acids is 1. The molecule has 0 bridgehead atoms. The Morgan fingerprint density at radius 2 is 1.74 bits per heavy atom. The fourth-order valence-corrected chi connectivity index (χ4v) is 3.41. The van der Waals surface area contributed by atoms with Crippen molar-refractivity contribution < 1.29 is 13.9 Å². The standard InChI is InChI=1S/C22H16O4S/c1-13-5-8-15(9-6-13)20-21(26-22(24)18-4-3-11-27-18)19(23)16-10-7-14(2)12-17(16)25-20/h3-12H,1-2H3. The van der Waals surface area contributed by atoms with E-state index in [1.165, 1.54) is 11.3 Å². The number of rotatable bonds is 3. The Kier molecular flexibility index (Phi) is 4.38. The van der Waals surface area contributed by atoms with Crippen molar-refractivity contribution in [3.63, 3.8) is 0 Å². The van der Waals surface area contributed by atoms with Gasteiger partial charge in [-0.15, -0.1) is 11.3 Å². The lowest BCUT2D eigenvalue weighted by atomic mass is 10.1. The summed E-state index contributed by atoms with van der Waals surface area (Å²) in [6.07, 6.45) is 0. The molecule has 0 saturated carbocycles. The van der Waals surface area contributed by atoms with E-state index < -0.39 is 5.97 Å². The van der Waals surface area contributed by atoms with Crippen LogP contribution in [0.25, 0.3) is 22.3 Å². The topological polar surface area (TPSA) is 56.5 Å². The van der Waals surface area contributed by atoms with E-state index in [4.69, 9.17) is 9.15 Å². The number of carbonyl (C=O) groups is 1. The van der Waals surface area contributed by atoms with E-state index in [0.29, 0.717) is 21.4 Å². The lowest BCUT2D eigenvalue weighted by molar-refractivity contribution is 0.0736. The molecule has 134 valence electrons. The highest BCUT2D eigenvalue weighted by atomic mass is 32.1. The summed E-state index contributed by atoms with van der Waals surface area (Å²) in [6.45, 7) is 3.90. The first-order valence-corrected chi connectivity index (χ1v) is 9.31. The quantitative estimate of drug-likeness (QED) is 0.452. The van der Waals surface area contributed by atoms with Gasteiger partial charge in [0.1, 0.15) is 10.5 Å². The van der Waals surface area contributed by atoms with E-state index in [9.17, 15) is 9.59 Å². The first kappa shape index (κ1) is 17.2. The molecular formula is C22H16O4S. The van der Waals surface area contributed by atoms with Gasteiger partial charge in [0.05, 0.1) is 5.39 Å². The fourth-order valence-electron chi connectivity index (χ4n) is 2.81. The molecule has 0 atom stereocenters. The van der Waals surface area contributed by atoms with Gasteiger partial charge in [0.2, 0.25) is 11.2 Å². The molecule has 0 aliphatic carbocycles. The predicted molar refractivity (Wildman–Crippen MR) is 107 cm³/mol. The molecule has 4 rings (SSSR count). The zero-order valence-corrected chi connectivity index (χ0v) is 15.6. The summed E-state index contributed by atoms with van der Waals surface area (Å²) >= 11 is 1.26. The van der Waals surface area contributed by atoms with Gasteiger partial charge >= 0.3 is 5.97 Å². The van der Waals surface area contributed by atoms with Crippen LogP contribution in [0.1, 0.15) is 20.8 Å². The van der Waals surface area contributed by atoms with Crippen LogP contribution in [0, 0.1) is 13.8 Å². The summed E-state index contributed by atoms with van der Waals surface area (Å²) in [6, 6.07) is 16.3. The van der Waals surface area contributed by atoms with Crippen LogP contribution in [0.4, 0.5) is 0 Å². The van der Waals surface area contributed by atoms with Gasteiger partial charge in [-0.3, -0.25) is 4.79 Å². The highest BCUT2D eigenvalue weighted by Crippen LogP contribution is 2.32. The van der Waals surface area contributed by atoms with E-state index >= 15 is 0 Å². The number of ether oxygens (including phenoxy) is 1. The minimum absolute atomic E-state index is 0.0893. The van der Waals surface area contributed by atoms with Crippen molar-refractivity contribution in [3.8, 4) is 17.1 Å². The van der Waals surface area contributed by atoms with Crippen molar-refractivity contribution in [2.24, 2.45) is 0 Å². The van der Waals surface area contributed by atoms with Gasteiger partial charge in [-0.1, -0.05) is 42.0 Å². The maximum Gasteiger partial charge on any atom is 0.353 e. The second-order valence-electron chi connectivity index (χ2n) is 6.32. The number of thiophene rings is 1. The Morgan fingerprint density at radius 1 is 1.00 bits per heavy atom. The first-order chi connectivity index (χ1) is 13.0. The van der Waals surface area contributed by atoms with Crippen LogP contribution in [0.3, 0.4) is 0 Å². The first-order valence-electron chi connectivity index (χ1n) is 8.43. The van der Waals surface area contributed by atoms with E-state index in [1.807, 2.05) is 44.2 Å². The molecule has 0 unspecified atom stereocenters. The van der Waals surface area contributed by atoms with Crippen molar-refractivity contribution in [2.45, 2.75) is 13.8 Å². The van der Waals surface area contributed by atoms with Crippen LogP contribution in [0.2, 0.25) is 0 Å². The number of hydrogen-bond donors (Lipinski definition) is 0. The van der Waals surface area contributed by atoms with Crippen LogP contribution >= 0.6 is 11.3 Å². The molecule has 0 aliphatic rings. The highest BCUT2D eigenvalue weighted by molar-refractivity contribution is 7.12. The molecule has 5 heteroatoms. The maximum absolute atomic E-state index is 13.1. The molecule has 4 aromatic rings. The Morgan fingerprint density at radius 3 is 2.44 bits per heavy atom. The maximum atomic E-state index is 13.1. The van der Waals surface area contributed by atoms with Crippen molar-refractivity contribution in [1.82, 2.24) is 0 Å². The molecule has 4 nitrogen and oxygen atoms in total. The Hall–Kier alpha value is -3.18. The van der Waals surface area contributed by atoms with Crippen LogP contribution in [-0.4, -0.2) is 5.97 Å². The second-order valence-corrected chi connectivity index (χ2v) is 7.27. The van der Waals surface area contributed by atoms with Crippen LogP contribution in [-0.2, 0) is 0 Å². The summed E-state index contributed by atoms with van der Waals surface area (Å²) in [7, 11) is 0. The molecule has 0 fully saturated rings. The normalized spacial score (nSPS) is 10.9. The number of esters is 1. The molecule has 0 aliphatic heterocycles. The van der Waals surface area contributed by atoms with Gasteiger partial charge in [0.25, 0.3) is 0 Å². The van der Waals surface area contributed by atoms with Crippen molar-refractivity contribution in [2.75, 3.05) is 0 Å². The molecule has 2 heterocycles. The SMILES string of the molecule is Cc1ccc(-c2oc3cc(C)ccc3c(=O)c2OC(=O)c2cccs2)cc1. The summed E-state index contributed by atoms with van der Waals surface area (Å²) in [5, 5.41) is 2.16. The van der Waals surface area contributed by atoms with Gasteiger partial charge in [0, 0.05) is 5.56 Å². The van der Waals surface area contributed by atoms with Crippen LogP contribution in [0.5, 0.6) is 5.75 Å². The Balaban J connectivity index is 1.93. The van der Waals surface area contributed by atoms with Crippen molar-refractivity contribution in [1.29, 1.82) is 0 Å². The molecule has 0 amide bonds. The smallest absolute Gasteiger partial charge is 0.353 e. The summed E-state index contributed by atoms with van der Waals surface area (Å²) < 4.78 is 11.5. The molecule has 0 radical (unpaired) electrons. The van der Waals surface area contributed by atoms with Gasteiger partial charge in [-0.05, 0) is 43.0 Å². The van der Waals surface area contributed by atoms with E-state index in [1.54, 1.807) is 29.6 Å². The van der Waals surface area contributed by atoms with Crippen molar-refractivity contribution >= 4 is 28.3 Å². The molecule has 2 aromatic carbocycles. The van der Waals surface area contributed by atoms with Crippen LogP contribution < -0.4 is 10.2 Å². The molecule has 2 aromatic heterocycles. The van der Waals surface area contributed by atoms with E-state index in [-0.39, 0.29) is 16.9 Å². The molecule has 0 N–H and O–H groups in total.